The zero-order valence-corrected chi connectivity index (χ0v) is 10.7. The molecule has 0 saturated heterocycles. The van der Waals surface area contributed by atoms with E-state index < -0.39 is 23.6 Å². The van der Waals surface area contributed by atoms with E-state index in [2.05, 4.69) is 0 Å². The summed E-state index contributed by atoms with van der Waals surface area (Å²) >= 11 is 0. The van der Waals surface area contributed by atoms with Crippen molar-refractivity contribution < 1.29 is 27.5 Å². The Morgan fingerprint density at radius 1 is 1.24 bits per heavy atom. The fourth-order valence-electron chi connectivity index (χ4n) is 2.34. The summed E-state index contributed by atoms with van der Waals surface area (Å²) in [6.45, 7) is 0. The molecule has 1 aliphatic carbocycles. The second kappa shape index (κ2) is 4.65. The number of furan rings is 1. The van der Waals surface area contributed by atoms with Crippen molar-refractivity contribution in [3.8, 4) is 11.3 Å². The Morgan fingerprint density at radius 3 is 2.62 bits per heavy atom. The monoisotopic (exact) mass is 296 g/mol. The van der Waals surface area contributed by atoms with Crippen LogP contribution >= 0.6 is 0 Å². The third-order valence-corrected chi connectivity index (χ3v) is 3.57. The predicted molar refractivity (Wildman–Crippen MR) is 67.6 cm³/mol. The van der Waals surface area contributed by atoms with Crippen LogP contribution in [0.5, 0.6) is 0 Å². The summed E-state index contributed by atoms with van der Waals surface area (Å²) in [5.41, 5.74) is -0.420. The molecule has 0 aliphatic heterocycles. The van der Waals surface area contributed by atoms with E-state index in [9.17, 15) is 18.0 Å². The van der Waals surface area contributed by atoms with E-state index >= 15 is 0 Å². The van der Waals surface area contributed by atoms with Gasteiger partial charge in [0.25, 0.3) is 0 Å². The lowest BCUT2D eigenvalue weighted by atomic mass is 10.1. The first kappa shape index (κ1) is 13.7. The summed E-state index contributed by atoms with van der Waals surface area (Å²) in [5, 5.41) is 8.87. The molecule has 3 rings (SSSR count). The van der Waals surface area contributed by atoms with Gasteiger partial charge in [0.1, 0.15) is 11.5 Å². The highest BCUT2D eigenvalue weighted by Gasteiger charge is 2.46. The largest absolute Gasteiger partial charge is 0.481 e. The molecule has 2 atom stereocenters. The molecule has 1 heterocycles. The zero-order chi connectivity index (χ0) is 15.2. The van der Waals surface area contributed by atoms with Crippen molar-refractivity contribution in [2.45, 2.75) is 18.5 Å². The number of carboxylic acids is 1. The second-order valence-corrected chi connectivity index (χ2v) is 5.07. The molecule has 6 heteroatoms. The average molecular weight is 296 g/mol. The molecule has 0 bridgehead atoms. The molecule has 1 aliphatic rings. The maximum absolute atomic E-state index is 12.7. The third kappa shape index (κ3) is 2.66. The lowest BCUT2D eigenvalue weighted by Crippen LogP contribution is -2.04. The van der Waals surface area contributed by atoms with Crippen LogP contribution in [0.2, 0.25) is 0 Å². The number of rotatable bonds is 3. The molecule has 2 aromatic rings. The molecule has 1 saturated carbocycles. The van der Waals surface area contributed by atoms with E-state index in [4.69, 9.17) is 9.52 Å². The SMILES string of the molecule is O=C(O)[C@H]1C[C@@H]1c1ccc(-c2cccc(C(F)(F)F)c2)o1. The first-order valence-electron chi connectivity index (χ1n) is 6.36. The van der Waals surface area contributed by atoms with Crippen molar-refractivity contribution in [2.24, 2.45) is 5.92 Å². The van der Waals surface area contributed by atoms with Gasteiger partial charge in [-0.15, -0.1) is 0 Å². The predicted octanol–water partition coefficient (Wildman–Crippen LogP) is 4.15. The molecule has 1 fully saturated rings. The molecule has 1 aromatic heterocycles. The number of hydrogen-bond acceptors (Lipinski definition) is 2. The van der Waals surface area contributed by atoms with Crippen molar-refractivity contribution in [3.63, 3.8) is 0 Å². The highest BCUT2D eigenvalue weighted by atomic mass is 19.4. The number of halogens is 3. The maximum atomic E-state index is 12.7. The van der Waals surface area contributed by atoms with Gasteiger partial charge in [0.05, 0.1) is 11.5 Å². The Kier molecular flexibility index (Phi) is 3.04. The number of alkyl halides is 3. The maximum Gasteiger partial charge on any atom is 0.416 e. The summed E-state index contributed by atoms with van der Waals surface area (Å²) in [5.74, 6) is -0.688. The van der Waals surface area contributed by atoms with Gasteiger partial charge in [-0.25, -0.2) is 0 Å². The summed E-state index contributed by atoms with van der Waals surface area (Å²) in [4.78, 5) is 10.8. The first-order chi connectivity index (χ1) is 9.86. The van der Waals surface area contributed by atoms with E-state index in [1.54, 1.807) is 12.1 Å². The first-order valence-corrected chi connectivity index (χ1v) is 6.36. The summed E-state index contributed by atoms with van der Waals surface area (Å²) < 4.78 is 43.5. The van der Waals surface area contributed by atoms with Crippen LogP contribution in [-0.4, -0.2) is 11.1 Å². The second-order valence-electron chi connectivity index (χ2n) is 5.07. The normalized spacial score (nSPS) is 21.3. The molecular formula is C15H11F3O3. The van der Waals surface area contributed by atoms with Gasteiger partial charge in [0, 0.05) is 11.5 Å². The lowest BCUT2D eigenvalue weighted by Gasteiger charge is -2.07. The molecule has 0 radical (unpaired) electrons. The Labute approximate surface area is 118 Å². The van der Waals surface area contributed by atoms with E-state index in [-0.39, 0.29) is 5.92 Å². The molecule has 21 heavy (non-hydrogen) atoms. The number of aliphatic carboxylic acids is 1. The molecule has 1 N–H and O–H groups in total. The molecule has 0 amide bonds. The van der Waals surface area contributed by atoms with Gasteiger partial charge in [-0.2, -0.15) is 13.2 Å². The van der Waals surface area contributed by atoms with Crippen molar-refractivity contribution >= 4 is 5.97 Å². The highest BCUT2D eigenvalue weighted by Crippen LogP contribution is 2.48. The number of benzene rings is 1. The highest BCUT2D eigenvalue weighted by molar-refractivity contribution is 5.75. The van der Waals surface area contributed by atoms with Crippen molar-refractivity contribution in [2.75, 3.05) is 0 Å². The van der Waals surface area contributed by atoms with Gasteiger partial charge in [-0.3, -0.25) is 4.79 Å². The van der Waals surface area contributed by atoms with Gasteiger partial charge in [0.15, 0.2) is 0 Å². The molecule has 0 unspecified atom stereocenters. The van der Waals surface area contributed by atoms with Gasteiger partial charge in [-0.1, -0.05) is 12.1 Å². The minimum absolute atomic E-state index is 0.179. The smallest absolute Gasteiger partial charge is 0.416 e. The standard InChI is InChI=1S/C15H11F3O3/c16-15(17,18)9-3-1-2-8(6-9)12-4-5-13(21-12)10-7-11(10)14(19)20/h1-6,10-11H,7H2,(H,19,20)/t10-,11-/m0/s1. The molecule has 3 nitrogen and oxygen atoms in total. The van der Waals surface area contributed by atoms with Gasteiger partial charge in [-0.05, 0) is 30.7 Å². The fraction of sp³-hybridized carbons (Fsp3) is 0.267. The topological polar surface area (TPSA) is 50.4 Å². The molecule has 110 valence electrons. The summed E-state index contributed by atoms with van der Waals surface area (Å²) in [7, 11) is 0. The number of carboxylic acid groups (broad SMARTS) is 1. The zero-order valence-electron chi connectivity index (χ0n) is 10.7. The van der Waals surface area contributed by atoms with Crippen LogP contribution in [0.1, 0.15) is 23.7 Å². The molecule has 1 aromatic carbocycles. The van der Waals surface area contributed by atoms with Crippen LogP contribution in [0.15, 0.2) is 40.8 Å². The van der Waals surface area contributed by atoms with Crippen LogP contribution in [0.4, 0.5) is 13.2 Å². The minimum Gasteiger partial charge on any atom is -0.481 e. The van der Waals surface area contributed by atoms with Gasteiger partial charge in [0.2, 0.25) is 0 Å². The minimum atomic E-state index is -4.41. The van der Waals surface area contributed by atoms with Crippen molar-refractivity contribution in [3.05, 3.63) is 47.7 Å². The van der Waals surface area contributed by atoms with Crippen molar-refractivity contribution in [1.29, 1.82) is 0 Å². The van der Waals surface area contributed by atoms with E-state index in [1.165, 1.54) is 12.1 Å². The van der Waals surface area contributed by atoms with Gasteiger partial charge < -0.3 is 9.52 Å². The Hall–Kier alpha value is -2.24. The van der Waals surface area contributed by atoms with E-state index in [0.29, 0.717) is 23.5 Å². The Bertz CT molecular complexity index is 687. The summed E-state index contributed by atoms with van der Waals surface area (Å²) in [6.07, 6.45) is -3.90. The van der Waals surface area contributed by atoms with Crippen LogP contribution in [-0.2, 0) is 11.0 Å². The fourth-order valence-corrected chi connectivity index (χ4v) is 2.34. The Balaban J connectivity index is 1.86. The number of carbonyl (C=O) groups is 1. The third-order valence-electron chi connectivity index (χ3n) is 3.57. The van der Waals surface area contributed by atoms with Crippen LogP contribution in [0.25, 0.3) is 11.3 Å². The molecule has 0 spiro atoms. The van der Waals surface area contributed by atoms with E-state index in [0.717, 1.165) is 12.1 Å². The van der Waals surface area contributed by atoms with E-state index in [1.807, 2.05) is 0 Å². The summed E-state index contributed by atoms with van der Waals surface area (Å²) in [6, 6.07) is 8.06. The quantitative estimate of drug-likeness (QED) is 0.925. The van der Waals surface area contributed by atoms with Crippen molar-refractivity contribution in [1.82, 2.24) is 0 Å². The lowest BCUT2D eigenvalue weighted by molar-refractivity contribution is -0.139. The van der Waals surface area contributed by atoms with Crippen LogP contribution < -0.4 is 0 Å². The Morgan fingerprint density at radius 2 is 2.00 bits per heavy atom. The average Bonchev–Trinajstić information content (AvgIpc) is 3.08. The van der Waals surface area contributed by atoms with Crippen LogP contribution in [0.3, 0.4) is 0 Å². The number of hydrogen-bond donors (Lipinski definition) is 1. The van der Waals surface area contributed by atoms with Crippen LogP contribution in [0, 0.1) is 5.92 Å². The van der Waals surface area contributed by atoms with Gasteiger partial charge >= 0.3 is 12.1 Å². The molecular weight excluding hydrogens is 285 g/mol.